The number of aromatic nitrogens is 1. The second kappa shape index (κ2) is 3.84. The van der Waals surface area contributed by atoms with Crippen molar-refractivity contribution in [2.45, 2.75) is 25.3 Å². The van der Waals surface area contributed by atoms with Crippen molar-refractivity contribution in [1.29, 1.82) is 0 Å². The van der Waals surface area contributed by atoms with E-state index in [0.29, 0.717) is 17.5 Å². The molecule has 1 saturated heterocycles. The van der Waals surface area contributed by atoms with E-state index in [1.165, 1.54) is 12.8 Å². The van der Waals surface area contributed by atoms with Gasteiger partial charge < -0.3 is 16.8 Å². The van der Waals surface area contributed by atoms with E-state index in [0.717, 1.165) is 18.5 Å². The maximum atomic E-state index is 5.71. The smallest absolute Gasteiger partial charge is 0.146 e. The predicted molar refractivity (Wildman–Crippen MR) is 57.7 cm³/mol. The molecule has 1 fully saturated rings. The highest BCUT2D eigenvalue weighted by Gasteiger charge is 2.15. The largest absolute Gasteiger partial charge is 0.396 e. The molecule has 0 spiro atoms. The molecule has 0 unspecified atom stereocenters. The van der Waals surface area contributed by atoms with Gasteiger partial charge in [-0.25, -0.2) is 4.98 Å². The molecule has 2 heterocycles. The van der Waals surface area contributed by atoms with E-state index in [1.54, 1.807) is 0 Å². The molecule has 0 radical (unpaired) electrons. The summed E-state index contributed by atoms with van der Waals surface area (Å²) in [5.74, 6) is 0.421. The lowest BCUT2D eigenvalue weighted by Gasteiger charge is -2.23. The summed E-state index contributed by atoms with van der Waals surface area (Å²) in [7, 11) is 0. The highest BCUT2D eigenvalue weighted by molar-refractivity contribution is 5.58. The molecule has 76 valence electrons. The second-order valence-electron chi connectivity index (χ2n) is 3.75. The number of nitrogens with two attached hydrogens (primary N) is 2. The Hall–Kier alpha value is -1.29. The van der Waals surface area contributed by atoms with Gasteiger partial charge in [0.05, 0.1) is 5.69 Å². The van der Waals surface area contributed by atoms with Gasteiger partial charge in [0, 0.05) is 12.2 Å². The average Bonchev–Trinajstić information content (AvgIpc) is 2.23. The first-order chi connectivity index (χ1) is 6.77. The van der Waals surface area contributed by atoms with Crippen LogP contribution in [0.1, 0.15) is 30.9 Å². The Balaban J connectivity index is 2.18. The minimum atomic E-state index is 0.402. The lowest BCUT2D eigenvalue weighted by molar-refractivity contribution is 0.412. The van der Waals surface area contributed by atoms with E-state index in [-0.39, 0.29) is 0 Å². The van der Waals surface area contributed by atoms with Gasteiger partial charge in [-0.15, -0.1) is 0 Å². The van der Waals surface area contributed by atoms with Crippen molar-refractivity contribution in [3.63, 3.8) is 0 Å². The summed E-state index contributed by atoms with van der Waals surface area (Å²) < 4.78 is 0. The van der Waals surface area contributed by atoms with Crippen molar-refractivity contribution < 1.29 is 0 Å². The van der Waals surface area contributed by atoms with Gasteiger partial charge in [-0.2, -0.15) is 0 Å². The number of nitrogen functional groups attached to an aromatic ring is 2. The molecule has 4 nitrogen and oxygen atoms in total. The quantitative estimate of drug-likeness (QED) is 0.621. The molecular weight excluding hydrogens is 176 g/mol. The van der Waals surface area contributed by atoms with Crippen molar-refractivity contribution >= 4 is 11.5 Å². The zero-order valence-electron chi connectivity index (χ0n) is 8.16. The lowest BCUT2D eigenvalue weighted by atomic mass is 9.99. The van der Waals surface area contributed by atoms with Crippen LogP contribution in [-0.2, 0) is 0 Å². The molecule has 4 heteroatoms. The van der Waals surface area contributed by atoms with Gasteiger partial charge in [0.15, 0.2) is 0 Å². The van der Waals surface area contributed by atoms with Gasteiger partial charge in [-0.05, 0) is 31.0 Å². The fraction of sp³-hybridized carbons (Fsp3) is 0.500. The monoisotopic (exact) mass is 192 g/mol. The Bertz CT molecular complexity index is 318. The van der Waals surface area contributed by atoms with Crippen molar-refractivity contribution in [2.75, 3.05) is 18.0 Å². The van der Waals surface area contributed by atoms with Crippen LogP contribution in [0, 0.1) is 0 Å². The molecule has 0 saturated carbocycles. The SMILES string of the molecule is Nc1cc([C@@H]2CCCCN2)cnc1N. The molecule has 1 aromatic rings. The number of nitrogens with one attached hydrogen (secondary N) is 1. The van der Waals surface area contributed by atoms with Gasteiger partial charge in [-0.1, -0.05) is 6.42 Å². The summed E-state index contributed by atoms with van der Waals surface area (Å²) in [4.78, 5) is 4.07. The minimum Gasteiger partial charge on any atom is -0.396 e. The molecule has 14 heavy (non-hydrogen) atoms. The summed E-state index contributed by atoms with van der Waals surface area (Å²) in [6, 6.07) is 2.32. The first-order valence-electron chi connectivity index (χ1n) is 5.01. The van der Waals surface area contributed by atoms with Gasteiger partial charge >= 0.3 is 0 Å². The van der Waals surface area contributed by atoms with Gasteiger partial charge in [0.2, 0.25) is 0 Å². The molecule has 1 aromatic heterocycles. The number of pyridine rings is 1. The molecular formula is C10H16N4. The molecule has 2 rings (SSSR count). The summed E-state index contributed by atoms with van der Waals surface area (Å²) >= 11 is 0. The fourth-order valence-electron chi connectivity index (χ4n) is 1.84. The van der Waals surface area contributed by atoms with E-state index in [2.05, 4.69) is 10.3 Å². The van der Waals surface area contributed by atoms with Crippen LogP contribution in [-0.4, -0.2) is 11.5 Å². The maximum absolute atomic E-state index is 5.71. The standard InChI is InChI=1S/C10H16N4/c11-8-5-7(6-14-10(8)12)9-3-1-2-4-13-9/h5-6,9,13H,1-4,11H2,(H2,12,14)/t9-/m0/s1. The summed E-state index contributed by atoms with van der Waals surface area (Å²) in [6.45, 7) is 1.08. The molecule has 0 aliphatic carbocycles. The van der Waals surface area contributed by atoms with Crippen LogP contribution in [0.25, 0.3) is 0 Å². The number of rotatable bonds is 1. The Labute approximate surface area is 83.7 Å². The van der Waals surface area contributed by atoms with Crippen LogP contribution >= 0.6 is 0 Å². The summed E-state index contributed by atoms with van der Waals surface area (Å²) in [5.41, 5.74) is 13.0. The van der Waals surface area contributed by atoms with Crippen molar-refractivity contribution in [2.24, 2.45) is 0 Å². The first-order valence-corrected chi connectivity index (χ1v) is 5.01. The van der Waals surface area contributed by atoms with Crippen LogP contribution in [0.5, 0.6) is 0 Å². The van der Waals surface area contributed by atoms with Crippen LogP contribution in [0.3, 0.4) is 0 Å². The van der Waals surface area contributed by atoms with E-state index in [1.807, 2.05) is 12.3 Å². The van der Waals surface area contributed by atoms with E-state index in [4.69, 9.17) is 11.5 Å². The van der Waals surface area contributed by atoms with Gasteiger partial charge in [-0.3, -0.25) is 0 Å². The third-order valence-corrected chi connectivity index (χ3v) is 2.68. The molecule has 1 aliphatic rings. The normalized spacial score (nSPS) is 22.1. The molecule has 0 amide bonds. The van der Waals surface area contributed by atoms with E-state index in [9.17, 15) is 0 Å². The molecule has 1 aliphatic heterocycles. The molecule has 1 atom stereocenters. The lowest BCUT2D eigenvalue weighted by Crippen LogP contribution is -2.27. The van der Waals surface area contributed by atoms with Crippen LogP contribution < -0.4 is 16.8 Å². The zero-order chi connectivity index (χ0) is 9.97. The number of hydrogen-bond donors (Lipinski definition) is 3. The summed E-state index contributed by atoms with van der Waals surface area (Å²) in [5, 5.41) is 3.45. The fourth-order valence-corrected chi connectivity index (χ4v) is 1.84. The Morgan fingerprint density at radius 1 is 1.36 bits per heavy atom. The molecule has 5 N–H and O–H groups in total. The van der Waals surface area contributed by atoms with Crippen molar-refractivity contribution in [3.8, 4) is 0 Å². The van der Waals surface area contributed by atoms with Gasteiger partial charge in [0.25, 0.3) is 0 Å². The second-order valence-corrected chi connectivity index (χ2v) is 3.75. The number of nitrogens with zero attached hydrogens (tertiary/aromatic N) is 1. The highest BCUT2D eigenvalue weighted by atomic mass is 14.9. The first kappa shape index (κ1) is 9.27. The van der Waals surface area contributed by atoms with Crippen molar-refractivity contribution in [3.05, 3.63) is 17.8 Å². The van der Waals surface area contributed by atoms with Crippen molar-refractivity contribution in [1.82, 2.24) is 10.3 Å². The molecule has 0 aromatic carbocycles. The Kier molecular flexibility index (Phi) is 2.54. The Morgan fingerprint density at radius 3 is 2.86 bits per heavy atom. The van der Waals surface area contributed by atoms with Crippen LogP contribution in [0.4, 0.5) is 11.5 Å². The number of piperidine rings is 1. The zero-order valence-corrected chi connectivity index (χ0v) is 8.16. The van der Waals surface area contributed by atoms with Crippen LogP contribution in [0.2, 0.25) is 0 Å². The van der Waals surface area contributed by atoms with Gasteiger partial charge in [0.1, 0.15) is 5.82 Å². The van der Waals surface area contributed by atoms with E-state index < -0.39 is 0 Å². The molecule has 0 bridgehead atoms. The third-order valence-electron chi connectivity index (χ3n) is 2.68. The maximum Gasteiger partial charge on any atom is 0.146 e. The number of anilines is 2. The third kappa shape index (κ3) is 1.80. The predicted octanol–water partition coefficient (Wildman–Crippen LogP) is 1.06. The number of hydrogen-bond acceptors (Lipinski definition) is 4. The van der Waals surface area contributed by atoms with Crippen LogP contribution in [0.15, 0.2) is 12.3 Å². The topological polar surface area (TPSA) is 77.0 Å². The average molecular weight is 192 g/mol. The minimum absolute atomic E-state index is 0.402. The Morgan fingerprint density at radius 2 is 2.21 bits per heavy atom. The summed E-state index contributed by atoms with van der Waals surface area (Å²) in [6.07, 6.45) is 5.50. The highest BCUT2D eigenvalue weighted by Crippen LogP contribution is 2.24. The van der Waals surface area contributed by atoms with E-state index >= 15 is 0 Å².